The van der Waals surface area contributed by atoms with E-state index >= 15 is 0 Å². The smallest absolute Gasteiger partial charge is 0.326 e. The second kappa shape index (κ2) is 7.14. The minimum atomic E-state index is -0.390. The van der Waals surface area contributed by atoms with Crippen molar-refractivity contribution >= 4 is 27.5 Å². The van der Waals surface area contributed by atoms with Crippen LogP contribution in [0.3, 0.4) is 0 Å². The first-order valence-corrected chi connectivity index (χ1v) is 10.1. The zero-order valence-electron chi connectivity index (χ0n) is 16.3. The van der Waals surface area contributed by atoms with Crippen molar-refractivity contribution in [1.29, 1.82) is 0 Å². The molecule has 0 N–H and O–H groups in total. The Morgan fingerprint density at radius 1 is 1.42 bits per heavy atom. The van der Waals surface area contributed by atoms with Crippen LogP contribution >= 0.6 is 11.3 Å². The highest BCUT2D eigenvalue weighted by atomic mass is 32.1. The molecule has 6 heteroatoms. The Morgan fingerprint density at radius 3 is 2.81 bits per heavy atom. The summed E-state index contributed by atoms with van der Waals surface area (Å²) in [6, 6.07) is 0. The molecule has 0 saturated heterocycles. The Kier molecular flexibility index (Phi) is 5.24. The molecule has 2 heterocycles. The molecular weight excluding hydrogens is 348 g/mol. The lowest BCUT2D eigenvalue weighted by Gasteiger charge is -2.33. The minimum absolute atomic E-state index is 0.0796. The molecule has 3 rings (SSSR count). The van der Waals surface area contributed by atoms with Gasteiger partial charge in [0.25, 0.3) is 5.56 Å². The van der Waals surface area contributed by atoms with Gasteiger partial charge in [0, 0.05) is 4.88 Å². The van der Waals surface area contributed by atoms with E-state index in [2.05, 4.69) is 25.8 Å². The summed E-state index contributed by atoms with van der Waals surface area (Å²) < 4.78 is 6.58. The molecule has 1 aliphatic carbocycles. The summed E-state index contributed by atoms with van der Waals surface area (Å²) >= 11 is 1.63. The van der Waals surface area contributed by atoms with Crippen molar-refractivity contribution in [3.63, 3.8) is 0 Å². The molecule has 2 aromatic heterocycles. The number of nitrogens with zero attached hydrogens (tertiary/aromatic N) is 2. The van der Waals surface area contributed by atoms with Gasteiger partial charge >= 0.3 is 5.97 Å². The first-order chi connectivity index (χ1) is 12.2. The minimum Gasteiger partial charge on any atom is -0.464 e. The van der Waals surface area contributed by atoms with E-state index in [-0.39, 0.29) is 29.4 Å². The normalized spacial score (nSPS) is 17.5. The molecule has 142 valence electrons. The fourth-order valence-corrected chi connectivity index (χ4v) is 4.75. The van der Waals surface area contributed by atoms with Crippen molar-refractivity contribution in [3.05, 3.63) is 27.1 Å². The molecule has 5 nitrogen and oxygen atoms in total. The molecule has 1 atom stereocenters. The highest BCUT2D eigenvalue weighted by Gasteiger charge is 2.31. The SMILES string of the molecule is CC(C)COC(=O)Cn1cnc2sc3c(c2c1=O)CCC(C(C)(C)C)C3. The number of esters is 1. The number of rotatable bonds is 4. The van der Waals surface area contributed by atoms with Crippen LogP contribution in [0, 0.1) is 17.3 Å². The molecule has 0 bridgehead atoms. The molecule has 2 aromatic rings. The Labute approximate surface area is 158 Å². The summed E-state index contributed by atoms with van der Waals surface area (Å²) in [5.74, 6) is 0.506. The summed E-state index contributed by atoms with van der Waals surface area (Å²) in [6.07, 6.45) is 4.49. The molecule has 0 spiro atoms. The van der Waals surface area contributed by atoms with Gasteiger partial charge in [-0.3, -0.25) is 14.2 Å². The second-order valence-electron chi connectivity index (χ2n) is 8.74. The molecule has 1 aliphatic rings. The van der Waals surface area contributed by atoms with E-state index in [1.54, 1.807) is 11.3 Å². The van der Waals surface area contributed by atoms with E-state index in [0.29, 0.717) is 17.9 Å². The third-order valence-electron chi connectivity index (χ3n) is 5.14. The van der Waals surface area contributed by atoms with Crippen molar-refractivity contribution in [3.8, 4) is 0 Å². The third kappa shape index (κ3) is 3.85. The molecule has 0 saturated carbocycles. The summed E-state index contributed by atoms with van der Waals surface area (Å²) in [5, 5.41) is 0.705. The van der Waals surface area contributed by atoms with Gasteiger partial charge in [-0.1, -0.05) is 34.6 Å². The number of hydrogen-bond acceptors (Lipinski definition) is 5. The molecule has 0 amide bonds. The van der Waals surface area contributed by atoms with Crippen LogP contribution in [0.4, 0.5) is 0 Å². The van der Waals surface area contributed by atoms with Crippen LogP contribution in [0.15, 0.2) is 11.1 Å². The molecule has 1 unspecified atom stereocenters. The Bertz CT molecular complexity index is 874. The van der Waals surface area contributed by atoms with Gasteiger partial charge in [0.2, 0.25) is 0 Å². The Hall–Kier alpha value is -1.69. The van der Waals surface area contributed by atoms with Crippen LogP contribution in [-0.2, 0) is 28.9 Å². The lowest BCUT2D eigenvalue weighted by Crippen LogP contribution is -2.28. The third-order valence-corrected chi connectivity index (χ3v) is 6.30. The van der Waals surface area contributed by atoms with Crippen LogP contribution in [0.2, 0.25) is 0 Å². The van der Waals surface area contributed by atoms with Gasteiger partial charge < -0.3 is 4.74 Å². The highest BCUT2D eigenvalue weighted by molar-refractivity contribution is 7.18. The van der Waals surface area contributed by atoms with Crippen LogP contribution < -0.4 is 5.56 Å². The largest absolute Gasteiger partial charge is 0.464 e. The summed E-state index contributed by atoms with van der Waals surface area (Å²) in [6.45, 7) is 11.1. The number of carbonyl (C=O) groups excluding carboxylic acids is 1. The first-order valence-electron chi connectivity index (χ1n) is 9.32. The number of ether oxygens (including phenoxy) is 1. The average Bonchev–Trinajstić information content (AvgIpc) is 2.93. The van der Waals surface area contributed by atoms with Gasteiger partial charge in [-0.25, -0.2) is 4.98 Å². The molecular formula is C20H28N2O3S. The standard InChI is InChI=1S/C20H28N2O3S/c1-12(2)10-25-16(23)9-22-11-21-18-17(19(22)24)14-7-6-13(20(3,4)5)8-15(14)26-18/h11-13H,6-10H2,1-5H3. The van der Waals surface area contributed by atoms with Crippen molar-refractivity contribution in [2.75, 3.05) is 6.61 Å². The number of fused-ring (bicyclic) bond motifs is 3. The van der Waals surface area contributed by atoms with Crippen molar-refractivity contribution in [2.45, 2.75) is 60.4 Å². The maximum atomic E-state index is 12.9. The summed E-state index contributed by atoms with van der Waals surface area (Å²) in [7, 11) is 0. The van der Waals surface area contributed by atoms with Gasteiger partial charge in [0.15, 0.2) is 0 Å². The molecule has 0 aromatic carbocycles. The topological polar surface area (TPSA) is 61.2 Å². The van der Waals surface area contributed by atoms with Crippen LogP contribution in [0.5, 0.6) is 0 Å². The molecule has 26 heavy (non-hydrogen) atoms. The van der Waals surface area contributed by atoms with E-state index in [4.69, 9.17) is 4.74 Å². The van der Waals surface area contributed by atoms with Crippen LogP contribution in [-0.4, -0.2) is 22.1 Å². The van der Waals surface area contributed by atoms with Gasteiger partial charge in [-0.05, 0) is 42.1 Å². The van der Waals surface area contributed by atoms with Crippen molar-refractivity contribution < 1.29 is 9.53 Å². The predicted molar refractivity (Wildman–Crippen MR) is 105 cm³/mol. The van der Waals surface area contributed by atoms with Gasteiger partial charge in [0.05, 0.1) is 18.3 Å². The Balaban J connectivity index is 1.89. The lowest BCUT2D eigenvalue weighted by molar-refractivity contribution is -0.145. The summed E-state index contributed by atoms with van der Waals surface area (Å²) in [5.41, 5.74) is 1.29. The van der Waals surface area contributed by atoms with Crippen molar-refractivity contribution in [1.82, 2.24) is 9.55 Å². The van der Waals surface area contributed by atoms with Crippen LogP contribution in [0.25, 0.3) is 10.2 Å². The second-order valence-corrected chi connectivity index (χ2v) is 9.83. The Morgan fingerprint density at radius 2 is 2.15 bits per heavy atom. The zero-order chi connectivity index (χ0) is 19.1. The average molecular weight is 377 g/mol. The van der Waals surface area contributed by atoms with E-state index in [0.717, 1.165) is 29.7 Å². The van der Waals surface area contributed by atoms with E-state index in [1.807, 2.05) is 13.8 Å². The predicted octanol–water partition coefficient (Wildman–Crippen LogP) is 3.81. The van der Waals surface area contributed by atoms with E-state index in [1.165, 1.54) is 15.8 Å². The molecule has 0 aliphatic heterocycles. The highest BCUT2D eigenvalue weighted by Crippen LogP contribution is 2.41. The molecule has 0 fully saturated rings. The maximum absolute atomic E-state index is 12.9. The van der Waals surface area contributed by atoms with Gasteiger partial charge in [0.1, 0.15) is 11.4 Å². The quantitative estimate of drug-likeness (QED) is 0.761. The number of aromatic nitrogens is 2. The lowest BCUT2D eigenvalue weighted by atomic mass is 9.72. The maximum Gasteiger partial charge on any atom is 0.326 e. The number of carbonyl (C=O) groups is 1. The van der Waals surface area contributed by atoms with Gasteiger partial charge in [-0.2, -0.15) is 0 Å². The number of thiophene rings is 1. The fourth-order valence-electron chi connectivity index (χ4n) is 3.50. The van der Waals surface area contributed by atoms with Gasteiger partial charge in [-0.15, -0.1) is 11.3 Å². The number of hydrogen-bond donors (Lipinski definition) is 0. The monoisotopic (exact) mass is 376 g/mol. The zero-order valence-corrected chi connectivity index (χ0v) is 17.1. The molecule has 0 radical (unpaired) electrons. The summed E-state index contributed by atoms with van der Waals surface area (Å²) in [4.78, 5) is 31.5. The van der Waals surface area contributed by atoms with Crippen LogP contribution in [0.1, 0.15) is 51.5 Å². The first kappa shape index (κ1) is 19.1. The number of aryl methyl sites for hydroxylation is 1. The van der Waals surface area contributed by atoms with E-state index in [9.17, 15) is 9.59 Å². The van der Waals surface area contributed by atoms with E-state index < -0.39 is 0 Å². The fraction of sp³-hybridized carbons (Fsp3) is 0.650. The van der Waals surface area contributed by atoms with Crippen molar-refractivity contribution in [2.24, 2.45) is 17.3 Å².